The Balaban J connectivity index is 1.36. The van der Waals surface area contributed by atoms with E-state index in [-0.39, 0.29) is 22.9 Å². The molecule has 0 aliphatic carbocycles. The van der Waals surface area contributed by atoms with Gasteiger partial charge in [0.2, 0.25) is 5.91 Å². The summed E-state index contributed by atoms with van der Waals surface area (Å²) in [6.45, 7) is 1.80. The third kappa shape index (κ3) is 4.63. The lowest BCUT2D eigenvalue weighted by molar-refractivity contribution is -0.113. The molecule has 0 unspecified atom stereocenters. The van der Waals surface area contributed by atoms with Crippen LogP contribution in [-0.2, 0) is 11.8 Å². The van der Waals surface area contributed by atoms with Crippen molar-refractivity contribution in [3.05, 3.63) is 107 Å². The van der Waals surface area contributed by atoms with Crippen LogP contribution in [0.1, 0.15) is 5.69 Å². The summed E-state index contributed by atoms with van der Waals surface area (Å²) in [5.74, 6) is 0.378. The van der Waals surface area contributed by atoms with Gasteiger partial charge in [-0.15, -0.1) is 0 Å². The molecule has 0 bridgehead atoms. The molecule has 0 saturated heterocycles. The Morgan fingerprint density at radius 3 is 2.14 bits per heavy atom. The Morgan fingerprint density at radius 1 is 0.917 bits per heavy atom. The molecule has 5 aromatic rings. The molecule has 180 valence electrons. The number of amides is 1. The normalized spacial score (nSPS) is 10.9. The van der Waals surface area contributed by atoms with Gasteiger partial charge in [-0.05, 0) is 19.1 Å². The summed E-state index contributed by atoms with van der Waals surface area (Å²) in [6, 6.07) is 28.9. The minimum absolute atomic E-state index is 0.0437. The summed E-state index contributed by atoms with van der Waals surface area (Å²) in [6.07, 6.45) is 0. The molecule has 0 atom stereocenters. The van der Waals surface area contributed by atoms with Gasteiger partial charge in [0.15, 0.2) is 5.76 Å². The van der Waals surface area contributed by atoms with Crippen molar-refractivity contribution in [2.24, 2.45) is 7.05 Å². The molecule has 0 aliphatic heterocycles. The zero-order chi connectivity index (χ0) is 25.1. The average molecular weight is 497 g/mol. The maximum absolute atomic E-state index is 13.1. The van der Waals surface area contributed by atoms with E-state index in [1.165, 1.54) is 16.4 Å². The smallest absolute Gasteiger partial charge is 0.295 e. The summed E-state index contributed by atoms with van der Waals surface area (Å²) in [5, 5.41) is 3.16. The van der Waals surface area contributed by atoms with Crippen molar-refractivity contribution in [3.63, 3.8) is 0 Å². The van der Waals surface area contributed by atoms with Gasteiger partial charge in [-0.1, -0.05) is 90.6 Å². The van der Waals surface area contributed by atoms with Gasteiger partial charge in [-0.25, -0.2) is 9.67 Å². The van der Waals surface area contributed by atoms with Crippen LogP contribution in [0.15, 0.2) is 105 Å². The second-order valence-corrected chi connectivity index (χ2v) is 9.09. The summed E-state index contributed by atoms with van der Waals surface area (Å²) < 4.78 is 9.35. The number of rotatable bonds is 7. The van der Waals surface area contributed by atoms with Gasteiger partial charge in [0.1, 0.15) is 11.4 Å². The number of carbonyl (C=O) groups is 1. The molecule has 8 heteroatoms. The highest BCUT2D eigenvalue weighted by atomic mass is 32.2. The molecule has 3 aromatic carbocycles. The molecule has 1 amide bonds. The largest absolute Gasteiger partial charge is 0.431 e. The maximum atomic E-state index is 13.1. The molecular weight excluding hydrogens is 472 g/mol. The number of nitrogens with zero attached hydrogens (tertiary/aromatic N) is 3. The van der Waals surface area contributed by atoms with Crippen molar-refractivity contribution >= 4 is 23.4 Å². The van der Waals surface area contributed by atoms with E-state index in [9.17, 15) is 9.59 Å². The molecule has 7 nitrogen and oxygen atoms in total. The number of nitrogens with one attached hydrogen (secondary N) is 1. The van der Waals surface area contributed by atoms with Crippen LogP contribution in [0.5, 0.6) is 0 Å². The zero-order valence-corrected chi connectivity index (χ0v) is 20.7. The Hall–Kier alpha value is -4.30. The van der Waals surface area contributed by atoms with Gasteiger partial charge in [-0.2, -0.15) is 0 Å². The van der Waals surface area contributed by atoms with Crippen LogP contribution in [0.2, 0.25) is 0 Å². The highest BCUT2D eigenvalue weighted by Crippen LogP contribution is 2.35. The molecule has 0 spiro atoms. The monoisotopic (exact) mass is 496 g/mol. The molecule has 5 rings (SSSR count). The van der Waals surface area contributed by atoms with Crippen molar-refractivity contribution in [1.82, 2.24) is 14.3 Å². The molecule has 2 heterocycles. The fourth-order valence-corrected chi connectivity index (χ4v) is 4.58. The number of aromatic nitrogens is 3. The third-order valence-electron chi connectivity index (χ3n) is 5.84. The number of oxazole rings is 1. The van der Waals surface area contributed by atoms with E-state index in [0.29, 0.717) is 22.4 Å². The number of anilines is 1. The van der Waals surface area contributed by atoms with E-state index < -0.39 is 0 Å². The SMILES string of the molecule is Cc1c(NC(=O)CSc2nc(-c3ccccc3)c(-c3ccccc3)o2)c(=O)n(-c2ccccc2)n1C. The number of para-hydroxylation sites is 1. The summed E-state index contributed by atoms with van der Waals surface area (Å²) in [5.41, 5.74) is 3.91. The summed E-state index contributed by atoms with van der Waals surface area (Å²) >= 11 is 1.19. The predicted molar refractivity (Wildman–Crippen MR) is 142 cm³/mol. The Labute approximate surface area is 212 Å². The van der Waals surface area contributed by atoms with Crippen LogP contribution in [0, 0.1) is 6.92 Å². The Bertz CT molecular complexity index is 1500. The van der Waals surface area contributed by atoms with E-state index in [1.54, 1.807) is 18.7 Å². The summed E-state index contributed by atoms with van der Waals surface area (Å²) in [4.78, 5) is 30.6. The van der Waals surface area contributed by atoms with Crippen LogP contribution in [0.25, 0.3) is 28.3 Å². The van der Waals surface area contributed by atoms with Gasteiger partial charge >= 0.3 is 0 Å². The first-order valence-electron chi connectivity index (χ1n) is 11.4. The second-order valence-electron chi connectivity index (χ2n) is 8.16. The number of thioether (sulfide) groups is 1. The van der Waals surface area contributed by atoms with Crippen LogP contribution in [0.3, 0.4) is 0 Å². The second kappa shape index (κ2) is 10.1. The van der Waals surface area contributed by atoms with Crippen molar-refractivity contribution in [2.45, 2.75) is 12.1 Å². The van der Waals surface area contributed by atoms with Gasteiger partial charge in [-0.3, -0.25) is 14.3 Å². The first-order chi connectivity index (χ1) is 17.5. The van der Waals surface area contributed by atoms with Crippen LogP contribution < -0.4 is 10.9 Å². The van der Waals surface area contributed by atoms with E-state index in [4.69, 9.17) is 4.42 Å². The topological polar surface area (TPSA) is 82.1 Å². The van der Waals surface area contributed by atoms with Crippen molar-refractivity contribution in [2.75, 3.05) is 11.1 Å². The lowest BCUT2D eigenvalue weighted by Crippen LogP contribution is -2.23. The number of hydrogen-bond acceptors (Lipinski definition) is 5. The fourth-order valence-electron chi connectivity index (χ4n) is 3.95. The molecule has 1 N–H and O–H groups in total. The third-order valence-corrected chi connectivity index (χ3v) is 6.66. The van der Waals surface area contributed by atoms with Gasteiger partial charge in [0.05, 0.1) is 17.1 Å². The van der Waals surface area contributed by atoms with Crippen molar-refractivity contribution < 1.29 is 9.21 Å². The lowest BCUT2D eigenvalue weighted by atomic mass is 10.1. The first kappa shape index (κ1) is 23.4. The van der Waals surface area contributed by atoms with E-state index >= 15 is 0 Å². The Morgan fingerprint density at radius 2 is 1.50 bits per heavy atom. The average Bonchev–Trinajstić information content (AvgIpc) is 3.44. The summed E-state index contributed by atoms with van der Waals surface area (Å²) in [7, 11) is 1.79. The van der Waals surface area contributed by atoms with E-state index in [1.807, 2.05) is 91.0 Å². The minimum atomic E-state index is -0.313. The molecule has 0 saturated carbocycles. The van der Waals surface area contributed by atoms with E-state index in [2.05, 4.69) is 10.3 Å². The van der Waals surface area contributed by atoms with Gasteiger partial charge in [0, 0.05) is 18.2 Å². The number of carbonyl (C=O) groups excluding carboxylic acids is 1. The standard InChI is InChI=1S/C28H24N4O3S/c1-19-24(27(34)32(31(19)2)22-16-10-5-11-17-22)29-23(33)18-36-28-30-25(20-12-6-3-7-13-20)26(35-28)21-14-8-4-9-15-21/h3-17H,18H2,1-2H3,(H,29,33). The van der Waals surface area contributed by atoms with E-state index in [0.717, 1.165) is 16.8 Å². The van der Waals surface area contributed by atoms with Gasteiger partial charge < -0.3 is 9.73 Å². The molecule has 0 radical (unpaired) electrons. The molecule has 0 fully saturated rings. The highest BCUT2D eigenvalue weighted by molar-refractivity contribution is 7.99. The quantitative estimate of drug-likeness (QED) is 0.299. The minimum Gasteiger partial charge on any atom is -0.431 e. The maximum Gasteiger partial charge on any atom is 0.295 e. The van der Waals surface area contributed by atoms with Crippen LogP contribution in [0.4, 0.5) is 5.69 Å². The molecule has 2 aromatic heterocycles. The highest BCUT2D eigenvalue weighted by Gasteiger charge is 2.20. The van der Waals surface area contributed by atoms with Crippen molar-refractivity contribution in [3.8, 4) is 28.3 Å². The molecular formula is C28H24N4O3S. The Kier molecular flexibility index (Phi) is 6.60. The molecule has 0 aliphatic rings. The molecule has 36 heavy (non-hydrogen) atoms. The number of benzene rings is 3. The van der Waals surface area contributed by atoms with Crippen LogP contribution in [-0.4, -0.2) is 26.0 Å². The zero-order valence-electron chi connectivity index (χ0n) is 19.8. The van der Waals surface area contributed by atoms with Gasteiger partial charge in [0.25, 0.3) is 10.8 Å². The van der Waals surface area contributed by atoms with Crippen LogP contribution >= 0.6 is 11.8 Å². The first-order valence-corrected chi connectivity index (χ1v) is 12.4. The predicted octanol–water partition coefficient (Wildman–Crippen LogP) is 5.54. The fraction of sp³-hybridized carbons (Fsp3) is 0.107. The number of hydrogen-bond donors (Lipinski definition) is 1. The van der Waals surface area contributed by atoms with Crippen molar-refractivity contribution in [1.29, 1.82) is 0 Å². The lowest BCUT2D eigenvalue weighted by Gasteiger charge is -2.07.